The molecule has 2 heterocycles. The standard InChI is InChI=1S/C17H14ClN5O2S/c1-8(26-17-22-12-4-2-9(18)6-13(12)23-17)15(24)19-10-3-5-11-14(7-10)21-16(25)20-11/h2-8H,1H3,(H,19,24)(H,22,23)(H2,20,21,25). The summed E-state index contributed by atoms with van der Waals surface area (Å²) in [6, 6.07) is 10.6. The summed E-state index contributed by atoms with van der Waals surface area (Å²) in [4.78, 5) is 36.7. The molecule has 0 aliphatic heterocycles. The van der Waals surface area contributed by atoms with Crippen molar-refractivity contribution in [2.45, 2.75) is 17.3 Å². The number of H-pyrrole nitrogens is 3. The van der Waals surface area contributed by atoms with Crippen molar-refractivity contribution in [3.8, 4) is 0 Å². The lowest BCUT2D eigenvalue weighted by molar-refractivity contribution is -0.115. The zero-order chi connectivity index (χ0) is 18.3. The minimum Gasteiger partial charge on any atom is -0.333 e. The van der Waals surface area contributed by atoms with Crippen LogP contribution in [0, 0.1) is 0 Å². The van der Waals surface area contributed by atoms with Crippen LogP contribution in [0.5, 0.6) is 0 Å². The molecule has 4 N–H and O–H groups in total. The first-order chi connectivity index (χ1) is 12.5. The fourth-order valence-corrected chi connectivity index (χ4v) is 3.58. The summed E-state index contributed by atoms with van der Waals surface area (Å²) >= 11 is 7.30. The van der Waals surface area contributed by atoms with E-state index >= 15 is 0 Å². The van der Waals surface area contributed by atoms with Crippen LogP contribution in [0.15, 0.2) is 46.3 Å². The summed E-state index contributed by atoms with van der Waals surface area (Å²) < 4.78 is 0. The van der Waals surface area contributed by atoms with Crippen LogP contribution in [0.3, 0.4) is 0 Å². The van der Waals surface area contributed by atoms with Crippen molar-refractivity contribution >= 4 is 57.0 Å². The van der Waals surface area contributed by atoms with Gasteiger partial charge in [0.05, 0.1) is 27.3 Å². The predicted molar refractivity (Wildman–Crippen MR) is 104 cm³/mol. The van der Waals surface area contributed by atoms with Gasteiger partial charge >= 0.3 is 5.69 Å². The molecule has 2 aromatic carbocycles. The van der Waals surface area contributed by atoms with Gasteiger partial charge in [-0.15, -0.1) is 0 Å². The Bertz CT molecular complexity index is 1180. The molecule has 0 saturated carbocycles. The Morgan fingerprint density at radius 2 is 1.92 bits per heavy atom. The Labute approximate surface area is 156 Å². The number of hydrogen-bond acceptors (Lipinski definition) is 4. The minimum atomic E-state index is -0.369. The van der Waals surface area contributed by atoms with Gasteiger partial charge in [0.15, 0.2) is 5.16 Å². The number of aromatic amines is 3. The van der Waals surface area contributed by atoms with Crippen LogP contribution in [0.4, 0.5) is 5.69 Å². The van der Waals surface area contributed by atoms with Crippen molar-refractivity contribution in [3.05, 3.63) is 51.9 Å². The SMILES string of the molecule is CC(Sc1nc2ccc(Cl)cc2[nH]1)C(=O)Nc1ccc2[nH]c(=O)[nH]c2c1. The molecule has 1 unspecified atom stereocenters. The number of amides is 1. The number of anilines is 1. The van der Waals surface area contributed by atoms with Gasteiger partial charge < -0.3 is 20.3 Å². The molecule has 0 spiro atoms. The molecule has 0 fully saturated rings. The quantitative estimate of drug-likeness (QED) is 0.402. The fourth-order valence-electron chi connectivity index (χ4n) is 2.59. The molecular weight excluding hydrogens is 374 g/mol. The zero-order valence-electron chi connectivity index (χ0n) is 13.6. The molecular formula is C17H14ClN5O2S. The number of nitrogens with one attached hydrogen (secondary N) is 4. The summed E-state index contributed by atoms with van der Waals surface area (Å²) in [7, 11) is 0. The van der Waals surface area contributed by atoms with E-state index in [2.05, 4.69) is 25.3 Å². The lowest BCUT2D eigenvalue weighted by atomic mass is 10.2. The monoisotopic (exact) mass is 387 g/mol. The Hall–Kier alpha value is -2.71. The Kier molecular flexibility index (Phi) is 4.21. The molecule has 0 aliphatic rings. The van der Waals surface area contributed by atoms with Crippen molar-refractivity contribution in [2.75, 3.05) is 5.32 Å². The van der Waals surface area contributed by atoms with Gasteiger partial charge in [0.2, 0.25) is 5.91 Å². The van der Waals surface area contributed by atoms with E-state index in [0.717, 1.165) is 11.0 Å². The fraction of sp³-hybridized carbons (Fsp3) is 0.118. The first kappa shape index (κ1) is 16.7. The number of halogens is 1. The zero-order valence-corrected chi connectivity index (χ0v) is 15.2. The molecule has 0 saturated heterocycles. The van der Waals surface area contributed by atoms with Gasteiger partial charge in [0.25, 0.3) is 0 Å². The number of fused-ring (bicyclic) bond motifs is 2. The minimum absolute atomic E-state index is 0.161. The average Bonchev–Trinajstić information content (AvgIpc) is 3.15. The van der Waals surface area contributed by atoms with Crippen LogP contribution >= 0.6 is 23.4 Å². The third-order valence-corrected chi connectivity index (χ3v) is 5.08. The molecule has 4 aromatic rings. The van der Waals surface area contributed by atoms with E-state index in [9.17, 15) is 9.59 Å². The largest absolute Gasteiger partial charge is 0.333 e. The summed E-state index contributed by atoms with van der Waals surface area (Å²) in [5.41, 5.74) is 3.29. The number of hydrogen-bond donors (Lipinski definition) is 4. The van der Waals surface area contributed by atoms with E-state index in [4.69, 9.17) is 11.6 Å². The molecule has 9 heteroatoms. The van der Waals surface area contributed by atoms with Crippen molar-refractivity contribution in [1.29, 1.82) is 0 Å². The highest BCUT2D eigenvalue weighted by Crippen LogP contribution is 2.26. The number of carbonyl (C=O) groups excluding carboxylic acids is 1. The van der Waals surface area contributed by atoms with Crippen LogP contribution in [-0.4, -0.2) is 31.1 Å². The Morgan fingerprint density at radius 1 is 1.12 bits per heavy atom. The van der Waals surface area contributed by atoms with Crippen molar-refractivity contribution < 1.29 is 4.79 Å². The summed E-state index contributed by atoms with van der Waals surface area (Å²) in [5, 5.41) is 3.75. The number of nitrogens with zero attached hydrogens (tertiary/aromatic N) is 1. The van der Waals surface area contributed by atoms with Gasteiger partial charge in [-0.1, -0.05) is 23.4 Å². The second-order valence-corrected chi connectivity index (χ2v) is 7.56. The first-order valence-electron chi connectivity index (χ1n) is 7.83. The van der Waals surface area contributed by atoms with Gasteiger partial charge in [-0.05, 0) is 43.3 Å². The number of imidazole rings is 2. The van der Waals surface area contributed by atoms with Crippen LogP contribution < -0.4 is 11.0 Å². The highest BCUT2D eigenvalue weighted by molar-refractivity contribution is 8.00. The molecule has 2 aromatic heterocycles. The van der Waals surface area contributed by atoms with Gasteiger partial charge in [-0.2, -0.15) is 0 Å². The summed E-state index contributed by atoms with van der Waals surface area (Å²) in [6.45, 7) is 1.80. The van der Waals surface area contributed by atoms with E-state index in [1.807, 2.05) is 6.07 Å². The van der Waals surface area contributed by atoms with Crippen molar-refractivity contribution in [3.63, 3.8) is 0 Å². The highest BCUT2D eigenvalue weighted by Gasteiger charge is 2.17. The third kappa shape index (κ3) is 3.33. The van der Waals surface area contributed by atoms with E-state index in [0.29, 0.717) is 26.9 Å². The predicted octanol–water partition coefficient (Wildman–Crippen LogP) is 3.51. The molecule has 7 nitrogen and oxygen atoms in total. The maximum absolute atomic E-state index is 12.5. The number of thioether (sulfide) groups is 1. The molecule has 4 rings (SSSR count). The second-order valence-electron chi connectivity index (χ2n) is 5.79. The number of aromatic nitrogens is 4. The molecule has 0 aliphatic carbocycles. The van der Waals surface area contributed by atoms with E-state index < -0.39 is 0 Å². The highest BCUT2D eigenvalue weighted by atomic mass is 35.5. The molecule has 0 bridgehead atoms. The number of rotatable bonds is 4. The molecule has 1 amide bonds. The van der Waals surface area contributed by atoms with E-state index in [1.165, 1.54) is 11.8 Å². The summed E-state index contributed by atoms with van der Waals surface area (Å²) in [5.74, 6) is -0.161. The lowest BCUT2D eigenvalue weighted by Crippen LogP contribution is -2.22. The first-order valence-corrected chi connectivity index (χ1v) is 9.08. The maximum atomic E-state index is 12.5. The van der Waals surface area contributed by atoms with E-state index in [-0.39, 0.29) is 16.8 Å². The normalized spacial score (nSPS) is 12.5. The molecule has 132 valence electrons. The summed E-state index contributed by atoms with van der Waals surface area (Å²) in [6.07, 6.45) is 0. The van der Waals surface area contributed by atoms with Gasteiger partial charge in [-0.25, -0.2) is 9.78 Å². The third-order valence-electron chi connectivity index (χ3n) is 3.86. The topological polar surface area (TPSA) is 106 Å². The van der Waals surface area contributed by atoms with Gasteiger partial charge in [0, 0.05) is 10.7 Å². The van der Waals surface area contributed by atoms with Crippen LogP contribution in [0.1, 0.15) is 6.92 Å². The second kappa shape index (κ2) is 6.54. The van der Waals surface area contributed by atoms with Crippen LogP contribution in [0.2, 0.25) is 5.02 Å². The Morgan fingerprint density at radius 3 is 2.77 bits per heavy atom. The molecule has 26 heavy (non-hydrogen) atoms. The molecule has 1 atom stereocenters. The van der Waals surface area contributed by atoms with Gasteiger partial charge in [0.1, 0.15) is 0 Å². The number of benzene rings is 2. The van der Waals surface area contributed by atoms with Crippen molar-refractivity contribution in [1.82, 2.24) is 19.9 Å². The molecule has 0 radical (unpaired) electrons. The maximum Gasteiger partial charge on any atom is 0.323 e. The van der Waals surface area contributed by atoms with Gasteiger partial charge in [-0.3, -0.25) is 4.79 Å². The van der Waals surface area contributed by atoms with Crippen molar-refractivity contribution in [2.24, 2.45) is 0 Å². The van der Waals surface area contributed by atoms with Crippen LogP contribution in [-0.2, 0) is 4.79 Å². The van der Waals surface area contributed by atoms with E-state index in [1.54, 1.807) is 37.3 Å². The Balaban J connectivity index is 1.48. The average molecular weight is 388 g/mol. The smallest absolute Gasteiger partial charge is 0.323 e. The lowest BCUT2D eigenvalue weighted by Gasteiger charge is -2.10. The van der Waals surface area contributed by atoms with Crippen LogP contribution in [0.25, 0.3) is 22.1 Å². The number of carbonyl (C=O) groups is 1.